The van der Waals surface area contributed by atoms with E-state index in [2.05, 4.69) is 16.0 Å². The Morgan fingerprint density at radius 2 is 1.12 bits per heavy atom. The fraction of sp³-hybridized carbons (Fsp3) is 0.429. The Kier molecular flexibility index (Phi) is 27.3. The molecule has 9 N–H and O–H groups in total. The first-order valence-corrected chi connectivity index (χ1v) is 23.0. The number of likely N-dealkylation sites (N-methyl/N-ethyl adjacent to an activating group) is 3. The van der Waals surface area contributed by atoms with Gasteiger partial charge in [-0.05, 0) is 55.6 Å². The summed E-state index contributed by atoms with van der Waals surface area (Å²) in [6.45, 7) is 6.73. The number of ether oxygens (including phenoxy) is 4. The van der Waals surface area contributed by atoms with E-state index in [1.54, 1.807) is 38.2 Å². The lowest BCUT2D eigenvalue weighted by molar-refractivity contribution is -0.0689. The highest BCUT2D eigenvalue weighted by molar-refractivity contribution is 7.89. The molecule has 2 aromatic carbocycles. The summed E-state index contributed by atoms with van der Waals surface area (Å²) in [5.41, 5.74) is 5.36. The SMILES string of the molecule is C.C.CC(OC(=O)c1cc(S(N)(=O)=O)c(Cl)cc1NCc1ccco1)OC(=O)N(C)CCN.CNCCN(C)C(=O)OC(C)OC(=O)c1cc(S(N)(=O)=O)c(Cl)cc1NCc1ccco1.[2H]CC.[3H]C. The summed E-state index contributed by atoms with van der Waals surface area (Å²) in [6, 6.07) is 11.2. The Morgan fingerprint density at radius 3 is 1.43 bits per heavy atom. The van der Waals surface area contributed by atoms with Crippen molar-refractivity contribution in [2.24, 2.45) is 16.0 Å². The number of halogens is 2. The van der Waals surface area contributed by atoms with Gasteiger partial charge in [-0.25, -0.2) is 46.3 Å². The van der Waals surface area contributed by atoms with Crippen molar-refractivity contribution < 1.29 is 66.5 Å². The van der Waals surface area contributed by atoms with E-state index in [1.165, 1.54) is 69.8 Å². The molecule has 0 saturated carbocycles. The third-order valence-corrected chi connectivity index (χ3v) is 10.9. The fourth-order valence-electron chi connectivity index (χ4n) is 4.96. The molecular weight excluding hydrogens is 976 g/mol. The molecule has 22 nitrogen and oxygen atoms in total. The number of carbonyl (C=O) groups is 4. The Balaban J connectivity index is 0. The number of nitrogens with zero attached hydrogens (tertiary/aromatic N) is 2. The summed E-state index contributed by atoms with van der Waals surface area (Å²) in [7, 11) is -2.45. The molecule has 0 aliphatic rings. The predicted molar refractivity (Wildman–Crippen MR) is 260 cm³/mol. The van der Waals surface area contributed by atoms with E-state index in [0.717, 1.165) is 12.1 Å². The van der Waals surface area contributed by atoms with Gasteiger partial charge in [0, 0.05) is 56.9 Å². The number of nitrogens with two attached hydrogens (primary N) is 3. The van der Waals surface area contributed by atoms with Crippen molar-refractivity contribution in [3.05, 3.63) is 93.7 Å². The first-order valence-electron chi connectivity index (χ1n) is 20.8. The summed E-state index contributed by atoms with van der Waals surface area (Å²) in [5, 5.41) is 18.7. The first kappa shape index (κ1) is 60.4. The zero-order valence-electron chi connectivity index (χ0n) is 39.3. The van der Waals surface area contributed by atoms with Crippen molar-refractivity contribution in [3.8, 4) is 0 Å². The monoisotopic (exact) mass is 1040 g/mol. The minimum Gasteiger partial charge on any atom is -0.467 e. The maximum Gasteiger partial charge on any atom is 0.412 e. The second-order valence-corrected chi connectivity index (χ2v) is 16.9. The number of furan rings is 2. The third kappa shape index (κ3) is 20.7. The van der Waals surface area contributed by atoms with Crippen LogP contribution in [-0.4, -0.2) is 111 Å². The van der Waals surface area contributed by atoms with Gasteiger partial charge in [0.25, 0.3) is 0 Å². The molecule has 2 aromatic heterocycles. The Morgan fingerprint density at radius 1 is 0.750 bits per heavy atom. The van der Waals surface area contributed by atoms with Gasteiger partial charge in [-0.2, -0.15) is 0 Å². The molecule has 0 saturated heterocycles. The molecule has 2 amide bonds. The van der Waals surface area contributed by atoms with Crippen LogP contribution in [0.5, 0.6) is 0 Å². The van der Waals surface area contributed by atoms with Crippen LogP contribution in [-0.2, 0) is 52.1 Å². The van der Waals surface area contributed by atoms with E-state index < -0.39 is 66.5 Å². The van der Waals surface area contributed by atoms with Crippen LogP contribution in [0.4, 0.5) is 21.0 Å². The molecule has 2 unspecified atom stereocenters. The van der Waals surface area contributed by atoms with Crippen molar-refractivity contribution in [3.63, 3.8) is 0 Å². The van der Waals surface area contributed by atoms with Gasteiger partial charge in [-0.15, -0.1) is 0 Å². The van der Waals surface area contributed by atoms with Crippen LogP contribution in [0.3, 0.4) is 0 Å². The number of esters is 2. The van der Waals surface area contributed by atoms with Crippen LogP contribution in [0.15, 0.2) is 79.7 Å². The number of anilines is 2. The minimum absolute atomic E-state index is 0. The third-order valence-electron chi connectivity index (χ3n) is 8.13. The normalized spacial score (nSPS) is 11.6. The van der Waals surface area contributed by atoms with Crippen molar-refractivity contribution in [1.82, 2.24) is 15.1 Å². The van der Waals surface area contributed by atoms with E-state index in [0.29, 0.717) is 31.5 Å². The summed E-state index contributed by atoms with van der Waals surface area (Å²) in [6.07, 6.45) is -1.01. The van der Waals surface area contributed by atoms with E-state index in [-0.39, 0.29) is 73.6 Å². The molecule has 68 heavy (non-hydrogen) atoms. The molecule has 0 bridgehead atoms. The lowest BCUT2D eigenvalue weighted by atomic mass is 10.1. The number of hydrogen-bond acceptors (Lipinski definition) is 18. The highest BCUT2D eigenvalue weighted by Gasteiger charge is 2.26. The molecule has 0 radical (unpaired) electrons. The molecule has 0 aliphatic carbocycles. The molecule has 0 spiro atoms. The number of nitrogens with one attached hydrogen (secondary N) is 3. The number of benzene rings is 2. The number of rotatable bonds is 19. The number of amides is 2. The summed E-state index contributed by atoms with van der Waals surface area (Å²) in [4.78, 5) is 51.1. The van der Waals surface area contributed by atoms with Crippen molar-refractivity contribution >= 4 is 78.7 Å². The van der Waals surface area contributed by atoms with Crippen molar-refractivity contribution in [2.75, 3.05) is 58.0 Å². The molecule has 26 heteroatoms. The summed E-state index contributed by atoms with van der Waals surface area (Å²) >= 11 is 12.1. The van der Waals surface area contributed by atoms with E-state index in [9.17, 15) is 36.0 Å². The van der Waals surface area contributed by atoms with Crippen LogP contribution < -0.4 is 32.0 Å². The van der Waals surface area contributed by atoms with Gasteiger partial charge in [-0.1, -0.05) is 59.3 Å². The highest BCUT2D eigenvalue weighted by atomic mass is 35.5. The van der Waals surface area contributed by atoms with Gasteiger partial charge < -0.3 is 59.3 Å². The van der Waals surface area contributed by atoms with E-state index in [4.69, 9.17) is 69.7 Å². The van der Waals surface area contributed by atoms with Crippen molar-refractivity contribution in [1.29, 1.82) is 0 Å². The highest BCUT2D eigenvalue weighted by Crippen LogP contribution is 2.31. The molecule has 0 aliphatic heterocycles. The average Bonchev–Trinajstić information content (AvgIpc) is 3.99. The van der Waals surface area contributed by atoms with E-state index in [1.807, 2.05) is 0 Å². The Hall–Kier alpha value is -5.60. The second kappa shape index (κ2) is 30.7. The Labute approximate surface area is 411 Å². The summed E-state index contributed by atoms with van der Waals surface area (Å²) in [5.74, 6) is -0.809. The minimum atomic E-state index is -4.22. The van der Waals surface area contributed by atoms with Gasteiger partial charge >= 0.3 is 24.1 Å². The van der Waals surface area contributed by atoms with Crippen LogP contribution >= 0.6 is 23.2 Å². The zero-order chi connectivity index (χ0) is 51.8. The molecule has 0 fully saturated rings. The molecule has 4 aromatic rings. The van der Waals surface area contributed by atoms with Gasteiger partial charge in [0.1, 0.15) is 21.3 Å². The lowest BCUT2D eigenvalue weighted by Crippen LogP contribution is -2.36. The topological polar surface area (TPSA) is 320 Å². The van der Waals surface area contributed by atoms with Crippen LogP contribution in [0, 0.1) is 0 Å². The van der Waals surface area contributed by atoms with E-state index >= 15 is 0 Å². The molecule has 384 valence electrons. The van der Waals surface area contributed by atoms with Gasteiger partial charge in [0.05, 0.1) is 58.2 Å². The standard InChI is InChI=1S/C19H25ClN4O7S.C18H23ClN4O7S.C2H6.3CH4/c1-12(31-19(26)24(3)7-6-22-2)30-18(25)14-9-17(32(21,27)28)15(20)10-16(14)23-11-13-5-4-8-29-13;1-11(30-18(25)23(2)6-5-20)29-17(24)13-8-16(31(21,26)27)14(19)9-15(13)22-10-12-4-3-7-28-12;1-2;;;/h4-5,8-10,12,22-23H,6-7,11H2,1-3H3,(H2,21,27,28);3-4,7-9,11,22H,5-6,10,20H2,1-2H3,(H2,21,26,27);1-2H3;3*1H4/i;;1D;1T;;. The second-order valence-electron chi connectivity index (χ2n) is 13.1. The molecule has 4 rings (SSSR count). The van der Waals surface area contributed by atoms with Crippen LogP contribution in [0.2, 0.25) is 10.0 Å². The predicted octanol–water partition coefficient (Wildman–Crippen LogP) is 6.64. The Bertz CT molecular complexity index is 2440. The van der Waals surface area contributed by atoms with Gasteiger partial charge in [-0.3, -0.25) is 0 Å². The van der Waals surface area contributed by atoms with Gasteiger partial charge in [0.15, 0.2) is 0 Å². The smallest absolute Gasteiger partial charge is 0.412 e. The first-order chi connectivity index (χ1) is 32.0. The van der Waals surface area contributed by atoms with Gasteiger partial charge in [0.2, 0.25) is 32.6 Å². The summed E-state index contributed by atoms with van der Waals surface area (Å²) < 4.78 is 90.1. The molecular formula is C42H66Cl2N8O14S2. The van der Waals surface area contributed by atoms with Crippen LogP contribution in [0.1, 0.15) is 84.9 Å². The van der Waals surface area contributed by atoms with Crippen LogP contribution in [0.25, 0.3) is 0 Å². The number of sulfonamides is 2. The zero-order valence-corrected chi connectivity index (χ0v) is 40.4. The quantitative estimate of drug-likeness (QED) is 0.0423. The molecule has 2 atom stereocenters. The number of primary sulfonamides is 2. The largest absolute Gasteiger partial charge is 0.467 e. The average molecular weight is 1050 g/mol. The number of carbonyl (C=O) groups excluding carboxylic acids is 4. The lowest BCUT2D eigenvalue weighted by Gasteiger charge is -2.21. The maximum absolute atomic E-state index is 12.8. The number of hydrogen-bond donors (Lipinski definition) is 6. The fourth-order valence-corrected chi connectivity index (χ4v) is 7.16. The van der Waals surface area contributed by atoms with Crippen molar-refractivity contribution in [2.45, 2.75) is 85.4 Å². The maximum atomic E-state index is 12.8. The molecule has 2 heterocycles.